The molecule has 3 N–H and O–H groups in total. The zero-order valence-electron chi connectivity index (χ0n) is 11.2. The lowest BCUT2D eigenvalue weighted by atomic mass is 10.3. The van der Waals surface area contributed by atoms with Crippen LogP contribution in [0.5, 0.6) is 0 Å². The normalized spacial score (nSPS) is 10.1. The van der Waals surface area contributed by atoms with Crippen molar-refractivity contribution in [2.24, 2.45) is 0 Å². The molecule has 21 heavy (non-hydrogen) atoms. The van der Waals surface area contributed by atoms with E-state index in [1.165, 1.54) is 24.8 Å². The van der Waals surface area contributed by atoms with Gasteiger partial charge in [-0.1, -0.05) is 17.8 Å². The van der Waals surface area contributed by atoms with Crippen LogP contribution >= 0.6 is 11.8 Å². The van der Waals surface area contributed by atoms with E-state index in [0.717, 1.165) is 4.90 Å². The Bertz CT molecular complexity index is 686. The van der Waals surface area contributed by atoms with Crippen LogP contribution < -0.4 is 11.1 Å². The Labute approximate surface area is 125 Å². The quantitative estimate of drug-likeness (QED) is 0.513. The van der Waals surface area contributed by atoms with Crippen LogP contribution in [0.25, 0.3) is 0 Å². The molecular weight excluding hydrogens is 290 g/mol. The fourth-order valence-corrected chi connectivity index (χ4v) is 2.72. The molecule has 0 unspecified atom stereocenters. The van der Waals surface area contributed by atoms with Gasteiger partial charge in [-0.3, -0.25) is 14.9 Å². The molecule has 6 nitrogen and oxygen atoms in total. The van der Waals surface area contributed by atoms with Gasteiger partial charge in [0.1, 0.15) is 5.69 Å². The summed E-state index contributed by atoms with van der Waals surface area (Å²) in [5.74, 6) is -0.151. The lowest BCUT2D eigenvalue weighted by Crippen LogP contribution is -2.05. The van der Waals surface area contributed by atoms with E-state index in [0.29, 0.717) is 10.6 Å². The summed E-state index contributed by atoms with van der Waals surface area (Å²) in [5.41, 5.74) is 6.38. The Hall–Kier alpha value is -2.54. The molecule has 108 valence electrons. The summed E-state index contributed by atoms with van der Waals surface area (Å²) in [5, 5.41) is 13.7. The molecule has 0 bridgehead atoms. The number of rotatable bonds is 4. The SMILES string of the molecule is CC(=O)Nc1ccc(Sc2cccc(N)c2[N+](=O)[O-])cc1. The Kier molecular flexibility index (Phi) is 4.44. The minimum atomic E-state index is -0.483. The molecule has 0 aliphatic rings. The Morgan fingerprint density at radius 2 is 1.90 bits per heavy atom. The molecule has 0 fully saturated rings. The molecule has 0 heterocycles. The highest BCUT2D eigenvalue weighted by Crippen LogP contribution is 2.38. The summed E-state index contributed by atoms with van der Waals surface area (Å²) >= 11 is 1.25. The highest BCUT2D eigenvalue weighted by molar-refractivity contribution is 7.99. The Morgan fingerprint density at radius 3 is 2.48 bits per heavy atom. The van der Waals surface area contributed by atoms with Crippen LogP contribution in [-0.4, -0.2) is 10.8 Å². The molecule has 0 saturated carbocycles. The van der Waals surface area contributed by atoms with Gasteiger partial charge >= 0.3 is 5.69 Å². The lowest BCUT2D eigenvalue weighted by Gasteiger charge is -2.06. The fraction of sp³-hybridized carbons (Fsp3) is 0.0714. The van der Waals surface area contributed by atoms with Gasteiger partial charge in [0.05, 0.1) is 9.82 Å². The number of nitrogens with two attached hydrogens (primary N) is 1. The molecule has 0 aliphatic heterocycles. The van der Waals surface area contributed by atoms with Crippen molar-refractivity contribution in [2.45, 2.75) is 16.7 Å². The third-order valence-electron chi connectivity index (χ3n) is 2.62. The lowest BCUT2D eigenvalue weighted by molar-refractivity contribution is -0.386. The molecule has 0 aromatic heterocycles. The number of nitrogens with one attached hydrogen (secondary N) is 1. The van der Waals surface area contributed by atoms with Crippen LogP contribution in [0.2, 0.25) is 0 Å². The number of amides is 1. The first-order chi connectivity index (χ1) is 9.97. The zero-order chi connectivity index (χ0) is 15.4. The van der Waals surface area contributed by atoms with Crippen LogP contribution in [0.4, 0.5) is 17.1 Å². The fourth-order valence-electron chi connectivity index (χ4n) is 1.75. The van der Waals surface area contributed by atoms with Gasteiger partial charge in [0.25, 0.3) is 0 Å². The second-order valence-corrected chi connectivity index (χ2v) is 5.37. The number of carbonyl (C=O) groups is 1. The van der Waals surface area contributed by atoms with Crippen molar-refractivity contribution in [3.63, 3.8) is 0 Å². The monoisotopic (exact) mass is 303 g/mol. The predicted octanol–water partition coefficient (Wildman–Crippen LogP) is 3.29. The molecule has 1 amide bonds. The highest BCUT2D eigenvalue weighted by atomic mass is 32.2. The highest BCUT2D eigenvalue weighted by Gasteiger charge is 2.18. The van der Waals surface area contributed by atoms with Gasteiger partial charge in [0, 0.05) is 17.5 Å². The second-order valence-electron chi connectivity index (χ2n) is 4.26. The summed E-state index contributed by atoms with van der Waals surface area (Å²) in [4.78, 5) is 22.8. The van der Waals surface area contributed by atoms with Crippen LogP contribution in [0.15, 0.2) is 52.3 Å². The van der Waals surface area contributed by atoms with Crippen LogP contribution in [0, 0.1) is 10.1 Å². The van der Waals surface area contributed by atoms with E-state index in [1.807, 2.05) is 0 Å². The van der Waals surface area contributed by atoms with Crippen molar-refractivity contribution in [1.82, 2.24) is 0 Å². The molecule has 2 rings (SSSR count). The number of hydrogen-bond acceptors (Lipinski definition) is 5. The average molecular weight is 303 g/mol. The molecule has 0 saturated heterocycles. The van der Waals surface area contributed by atoms with Crippen molar-refractivity contribution in [2.75, 3.05) is 11.1 Å². The largest absolute Gasteiger partial charge is 0.393 e. The summed E-state index contributed by atoms with van der Waals surface area (Å²) in [6.45, 7) is 1.43. The predicted molar refractivity (Wildman–Crippen MR) is 82.4 cm³/mol. The summed E-state index contributed by atoms with van der Waals surface area (Å²) in [7, 11) is 0. The Morgan fingerprint density at radius 1 is 1.24 bits per heavy atom. The molecule has 7 heteroatoms. The van der Waals surface area contributed by atoms with Gasteiger partial charge in [-0.15, -0.1) is 0 Å². The molecule has 0 aliphatic carbocycles. The van der Waals surface area contributed by atoms with Crippen LogP contribution in [0.3, 0.4) is 0 Å². The molecule has 0 spiro atoms. The van der Waals surface area contributed by atoms with Gasteiger partial charge < -0.3 is 11.1 Å². The first-order valence-electron chi connectivity index (χ1n) is 6.06. The van der Waals surface area contributed by atoms with Crippen molar-refractivity contribution in [3.8, 4) is 0 Å². The van der Waals surface area contributed by atoms with E-state index in [4.69, 9.17) is 5.73 Å². The number of nitrogen functional groups attached to an aromatic ring is 1. The topological polar surface area (TPSA) is 98.3 Å². The maximum atomic E-state index is 11.1. The summed E-state index contributed by atoms with van der Waals surface area (Å²) < 4.78 is 0. The number of benzene rings is 2. The van der Waals surface area contributed by atoms with Crippen molar-refractivity contribution in [1.29, 1.82) is 0 Å². The number of nitrogens with zero attached hydrogens (tertiary/aromatic N) is 1. The van der Waals surface area contributed by atoms with Crippen LogP contribution in [0.1, 0.15) is 6.92 Å². The molecule has 0 radical (unpaired) electrons. The first-order valence-corrected chi connectivity index (χ1v) is 6.87. The molecule has 2 aromatic carbocycles. The maximum Gasteiger partial charge on any atom is 0.305 e. The third kappa shape index (κ3) is 3.73. The number of para-hydroxylation sites is 1. The third-order valence-corrected chi connectivity index (χ3v) is 3.67. The Balaban J connectivity index is 2.24. The van der Waals surface area contributed by atoms with Gasteiger partial charge in [0.15, 0.2) is 0 Å². The molecular formula is C14H13N3O3S. The van der Waals surface area contributed by atoms with Crippen LogP contribution in [-0.2, 0) is 4.79 Å². The number of nitro benzene ring substituents is 1. The van der Waals surface area contributed by atoms with Gasteiger partial charge in [0.2, 0.25) is 5.91 Å². The molecule has 2 aromatic rings. The minimum absolute atomic E-state index is 0.0894. The standard InChI is InChI=1S/C14H13N3O3S/c1-9(18)16-10-5-7-11(8-6-10)21-13-4-2-3-12(15)14(13)17(19)20/h2-8H,15H2,1H3,(H,16,18). The smallest absolute Gasteiger partial charge is 0.305 e. The summed E-state index contributed by atoms with van der Waals surface area (Å²) in [6.07, 6.45) is 0. The van der Waals surface area contributed by atoms with E-state index in [-0.39, 0.29) is 17.3 Å². The zero-order valence-corrected chi connectivity index (χ0v) is 12.0. The number of anilines is 2. The number of hydrogen-bond donors (Lipinski definition) is 2. The van der Waals surface area contributed by atoms with Crippen molar-refractivity contribution >= 4 is 34.7 Å². The van der Waals surface area contributed by atoms with E-state index in [2.05, 4.69) is 5.32 Å². The van der Waals surface area contributed by atoms with Gasteiger partial charge in [-0.2, -0.15) is 0 Å². The maximum absolute atomic E-state index is 11.1. The average Bonchev–Trinajstić information content (AvgIpc) is 2.40. The van der Waals surface area contributed by atoms with Crippen molar-refractivity contribution in [3.05, 3.63) is 52.6 Å². The minimum Gasteiger partial charge on any atom is -0.393 e. The van der Waals surface area contributed by atoms with E-state index in [9.17, 15) is 14.9 Å². The van der Waals surface area contributed by atoms with E-state index < -0.39 is 4.92 Å². The molecule has 0 atom stereocenters. The second kappa shape index (κ2) is 6.27. The van der Waals surface area contributed by atoms with Gasteiger partial charge in [-0.05, 0) is 36.4 Å². The number of nitro groups is 1. The van der Waals surface area contributed by atoms with E-state index >= 15 is 0 Å². The van der Waals surface area contributed by atoms with E-state index in [1.54, 1.807) is 36.4 Å². The van der Waals surface area contributed by atoms with Crippen molar-refractivity contribution < 1.29 is 9.72 Å². The first kappa shape index (κ1) is 14.9. The summed E-state index contributed by atoms with van der Waals surface area (Å²) in [6, 6.07) is 11.9. The van der Waals surface area contributed by atoms with Gasteiger partial charge in [-0.25, -0.2) is 0 Å². The number of carbonyl (C=O) groups excluding carboxylic acids is 1.